The number of nitrogens with zero attached hydrogens (tertiary/aromatic N) is 1. The Morgan fingerprint density at radius 1 is 1.45 bits per heavy atom. The number of likely N-dealkylation sites (tertiary alicyclic amines) is 1. The summed E-state index contributed by atoms with van der Waals surface area (Å²) in [5.74, 6) is -2.03. The van der Waals surface area contributed by atoms with Crippen molar-refractivity contribution in [2.45, 2.75) is 19.4 Å². The normalized spacial score (nSPS) is 19.6. The highest BCUT2D eigenvalue weighted by atomic mass is 79.9. The van der Waals surface area contributed by atoms with Gasteiger partial charge in [0.15, 0.2) is 11.6 Å². The molecule has 1 aliphatic heterocycles. The van der Waals surface area contributed by atoms with Gasteiger partial charge < -0.3 is 10.6 Å². The Morgan fingerprint density at radius 3 is 2.60 bits per heavy atom. The Morgan fingerprint density at radius 2 is 2.05 bits per heavy atom. The lowest BCUT2D eigenvalue weighted by Gasteiger charge is -2.19. The first kappa shape index (κ1) is 17.3. The van der Waals surface area contributed by atoms with Gasteiger partial charge in [0, 0.05) is 23.6 Å². The molecule has 1 aliphatic rings. The summed E-state index contributed by atoms with van der Waals surface area (Å²) in [6, 6.07) is 1.93. The van der Waals surface area contributed by atoms with E-state index < -0.39 is 11.6 Å². The summed E-state index contributed by atoms with van der Waals surface area (Å²) < 4.78 is 26.5. The maximum atomic E-state index is 13.2. The SMILES string of the molecule is CC(N)C1CCN(C(=O)c2cc(F)c(F)cc2Br)C1.Cl. The van der Waals surface area contributed by atoms with Gasteiger partial charge in [0.25, 0.3) is 5.91 Å². The lowest BCUT2D eigenvalue weighted by molar-refractivity contribution is 0.0784. The second kappa shape index (κ2) is 6.83. The minimum Gasteiger partial charge on any atom is -0.338 e. The Balaban J connectivity index is 0.00000200. The van der Waals surface area contributed by atoms with E-state index in [0.29, 0.717) is 13.1 Å². The number of hydrogen-bond acceptors (Lipinski definition) is 2. The number of rotatable bonds is 2. The van der Waals surface area contributed by atoms with Crippen molar-refractivity contribution in [1.82, 2.24) is 4.90 Å². The molecule has 1 saturated heterocycles. The Labute approximate surface area is 131 Å². The first-order valence-electron chi connectivity index (χ1n) is 6.09. The highest BCUT2D eigenvalue weighted by molar-refractivity contribution is 9.10. The van der Waals surface area contributed by atoms with Crippen molar-refractivity contribution in [3.8, 4) is 0 Å². The molecule has 0 radical (unpaired) electrons. The zero-order valence-electron chi connectivity index (χ0n) is 10.9. The first-order valence-corrected chi connectivity index (χ1v) is 6.89. The van der Waals surface area contributed by atoms with Crippen molar-refractivity contribution >= 4 is 34.2 Å². The topological polar surface area (TPSA) is 46.3 Å². The summed E-state index contributed by atoms with van der Waals surface area (Å²) in [6.45, 7) is 3.06. The molecule has 2 N–H and O–H groups in total. The second-order valence-corrected chi connectivity index (χ2v) is 5.76. The van der Waals surface area contributed by atoms with Gasteiger partial charge in [0.2, 0.25) is 0 Å². The van der Waals surface area contributed by atoms with E-state index in [1.54, 1.807) is 4.90 Å². The quantitative estimate of drug-likeness (QED) is 0.815. The van der Waals surface area contributed by atoms with Crippen LogP contribution in [0.4, 0.5) is 8.78 Å². The van der Waals surface area contributed by atoms with Crippen molar-refractivity contribution < 1.29 is 13.6 Å². The minimum absolute atomic E-state index is 0. The number of carbonyl (C=O) groups is 1. The number of carbonyl (C=O) groups excluding carboxylic acids is 1. The third-order valence-electron chi connectivity index (χ3n) is 3.50. The van der Waals surface area contributed by atoms with E-state index in [0.717, 1.165) is 18.6 Å². The first-order chi connectivity index (χ1) is 8.90. The molecule has 1 heterocycles. The molecular weight excluding hydrogens is 354 g/mol. The van der Waals surface area contributed by atoms with Crippen LogP contribution in [0.1, 0.15) is 23.7 Å². The van der Waals surface area contributed by atoms with Crippen LogP contribution in [0.25, 0.3) is 0 Å². The molecule has 0 saturated carbocycles. The standard InChI is InChI=1S/C13H15BrF2N2O.ClH/c1-7(17)8-2-3-18(6-8)13(19)9-4-11(15)12(16)5-10(9)14;/h4-5,7-8H,2-3,6,17H2,1H3;1H. The van der Waals surface area contributed by atoms with Crippen LogP contribution in [0.5, 0.6) is 0 Å². The Hall–Kier alpha value is -0.720. The molecular formula is C13H16BrClF2N2O. The third-order valence-corrected chi connectivity index (χ3v) is 4.15. The van der Waals surface area contributed by atoms with E-state index in [2.05, 4.69) is 15.9 Å². The summed E-state index contributed by atoms with van der Waals surface area (Å²) in [4.78, 5) is 13.9. The van der Waals surface area contributed by atoms with E-state index in [1.807, 2.05) is 6.92 Å². The molecule has 0 bridgehead atoms. The summed E-state index contributed by atoms with van der Waals surface area (Å²) in [7, 11) is 0. The third kappa shape index (κ3) is 3.48. The van der Waals surface area contributed by atoms with Crippen molar-refractivity contribution in [2.75, 3.05) is 13.1 Å². The van der Waals surface area contributed by atoms with Crippen LogP contribution in [-0.4, -0.2) is 29.9 Å². The van der Waals surface area contributed by atoms with Gasteiger partial charge in [-0.2, -0.15) is 0 Å². The minimum atomic E-state index is -1.02. The number of halogens is 4. The monoisotopic (exact) mass is 368 g/mol. The van der Waals surface area contributed by atoms with E-state index in [4.69, 9.17) is 5.73 Å². The maximum Gasteiger partial charge on any atom is 0.255 e. The van der Waals surface area contributed by atoms with Gasteiger partial charge in [-0.1, -0.05) is 0 Å². The van der Waals surface area contributed by atoms with E-state index in [-0.39, 0.29) is 40.3 Å². The van der Waals surface area contributed by atoms with Crippen molar-refractivity contribution in [3.63, 3.8) is 0 Å². The van der Waals surface area contributed by atoms with Gasteiger partial charge in [-0.25, -0.2) is 8.78 Å². The second-order valence-electron chi connectivity index (χ2n) is 4.91. The largest absolute Gasteiger partial charge is 0.338 e. The molecule has 1 aromatic rings. The van der Waals surface area contributed by atoms with Crippen molar-refractivity contribution in [1.29, 1.82) is 0 Å². The van der Waals surface area contributed by atoms with E-state index >= 15 is 0 Å². The number of amides is 1. The van der Waals surface area contributed by atoms with Gasteiger partial charge in [0.1, 0.15) is 0 Å². The molecule has 3 nitrogen and oxygen atoms in total. The van der Waals surface area contributed by atoms with Crippen molar-refractivity contribution in [2.24, 2.45) is 11.7 Å². The van der Waals surface area contributed by atoms with Crippen LogP contribution < -0.4 is 5.73 Å². The summed E-state index contributed by atoms with van der Waals surface area (Å²) in [5.41, 5.74) is 5.96. The molecule has 2 atom stereocenters. The molecule has 20 heavy (non-hydrogen) atoms. The van der Waals surface area contributed by atoms with Gasteiger partial charge in [-0.3, -0.25) is 4.79 Å². The molecule has 1 aromatic carbocycles. The fraction of sp³-hybridized carbons (Fsp3) is 0.462. The average molecular weight is 370 g/mol. The van der Waals surface area contributed by atoms with Gasteiger partial charge in [-0.05, 0) is 47.3 Å². The molecule has 0 aliphatic carbocycles. The highest BCUT2D eigenvalue weighted by Crippen LogP contribution is 2.25. The van der Waals surface area contributed by atoms with Crippen LogP contribution in [0.15, 0.2) is 16.6 Å². The van der Waals surface area contributed by atoms with Gasteiger partial charge in [-0.15, -0.1) is 12.4 Å². The van der Waals surface area contributed by atoms with Crippen molar-refractivity contribution in [3.05, 3.63) is 33.8 Å². The van der Waals surface area contributed by atoms with Gasteiger partial charge >= 0.3 is 0 Å². The summed E-state index contributed by atoms with van der Waals surface area (Å²) in [5, 5.41) is 0. The number of benzene rings is 1. The zero-order valence-corrected chi connectivity index (χ0v) is 13.3. The predicted octanol–water partition coefficient (Wildman–Crippen LogP) is 2.96. The molecule has 112 valence electrons. The Kier molecular flexibility index (Phi) is 5.91. The summed E-state index contributed by atoms with van der Waals surface area (Å²) in [6.07, 6.45) is 0.838. The molecule has 0 spiro atoms. The fourth-order valence-corrected chi connectivity index (χ4v) is 2.74. The molecule has 2 rings (SSSR count). The van der Waals surface area contributed by atoms with Crippen LogP contribution >= 0.6 is 28.3 Å². The van der Waals surface area contributed by atoms with Crippen LogP contribution in [-0.2, 0) is 0 Å². The molecule has 1 fully saturated rings. The van der Waals surface area contributed by atoms with E-state index in [9.17, 15) is 13.6 Å². The fourth-order valence-electron chi connectivity index (χ4n) is 2.26. The maximum absolute atomic E-state index is 13.2. The lowest BCUT2D eigenvalue weighted by Crippen LogP contribution is -2.33. The smallest absolute Gasteiger partial charge is 0.255 e. The summed E-state index contributed by atoms with van der Waals surface area (Å²) >= 11 is 3.09. The Bertz CT molecular complexity index is 513. The van der Waals surface area contributed by atoms with E-state index in [1.165, 1.54) is 0 Å². The van der Waals surface area contributed by atoms with Crippen LogP contribution in [0.2, 0.25) is 0 Å². The predicted molar refractivity (Wildman–Crippen MR) is 79.0 cm³/mol. The molecule has 0 aromatic heterocycles. The highest BCUT2D eigenvalue weighted by Gasteiger charge is 2.30. The van der Waals surface area contributed by atoms with Crippen LogP contribution in [0.3, 0.4) is 0 Å². The number of hydrogen-bond donors (Lipinski definition) is 1. The lowest BCUT2D eigenvalue weighted by atomic mass is 10.0. The molecule has 1 amide bonds. The van der Waals surface area contributed by atoms with Gasteiger partial charge in [0.05, 0.1) is 5.56 Å². The number of nitrogens with two attached hydrogens (primary N) is 1. The zero-order chi connectivity index (χ0) is 14.2. The average Bonchev–Trinajstić information content (AvgIpc) is 2.82. The molecule has 7 heteroatoms. The van der Waals surface area contributed by atoms with Crippen LogP contribution in [0, 0.1) is 17.6 Å². The molecule has 2 unspecified atom stereocenters.